The highest BCUT2D eigenvalue weighted by Gasteiger charge is 2.15. The van der Waals surface area contributed by atoms with E-state index in [9.17, 15) is 4.79 Å². The molecule has 4 nitrogen and oxygen atoms in total. The van der Waals surface area contributed by atoms with E-state index in [-0.39, 0.29) is 11.9 Å². The molecule has 0 radical (unpaired) electrons. The first-order chi connectivity index (χ1) is 8.22. The number of benzene rings is 1. The Kier molecular flexibility index (Phi) is 5.80. The van der Waals surface area contributed by atoms with Crippen molar-refractivity contribution >= 4 is 17.5 Å². The van der Waals surface area contributed by atoms with Crippen molar-refractivity contribution in [1.29, 1.82) is 0 Å². The zero-order valence-corrected chi connectivity index (χ0v) is 10.7. The summed E-state index contributed by atoms with van der Waals surface area (Å²) in [4.78, 5) is 12.0. The zero-order chi connectivity index (χ0) is 12.7. The fourth-order valence-electron chi connectivity index (χ4n) is 1.42. The van der Waals surface area contributed by atoms with Crippen LogP contribution in [0.25, 0.3) is 0 Å². The third kappa shape index (κ3) is 3.91. The van der Waals surface area contributed by atoms with Gasteiger partial charge in [-0.25, -0.2) is 0 Å². The number of carbonyl (C=O) groups is 1. The molecule has 1 amide bonds. The number of nitrogens with one attached hydrogen (secondary N) is 1. The highest BCUT2D eigenvalue weighted by atomic mass is 35.5. The number of amides is 1. The summed E-state index contributed by atoms with van der Waals surface area (Å²) in [5.41, 5.74) is 0.487. The summed E-state index contributed by atoms with van der Waals surface area (Å²) >= 11 is 5.73. The second-order valence-electron chi connectivity index (χ2n) is 3.48. The molecule has 0 spiro atoms. The van der Waals surface area contributed by atoms with Gasteiger partial charge in [-0.1, -0.05) is 12.1 Å². The molecule has 1 atom stereocenters. The van der Waals surface area contributed by atoms with Crippen molar-refractivity contribution in [2.75, 3.05) is 26.7 Å². The molecule has 5 heteroatoms. The lowest BCUT2D eigenvalue weighted by Gasteiger charge is -2.16. The first kappa shape index (κ1) is 13.8. The molecule has 0 aliphatic heterocycles. The lowest BCUT2D eigenvalue weighted by Crippen LogP contribution is -2.39. The van der Waals surface area contributed by atoms with Crippen molar-refractivity contribution in [3.63, 3.8) is 0 Å². The Labute approximate surface area is 106 Å². The van der Waals surface area contributed by atoms with Crippen LogP contribution in [0.4, 0.5) is 0 Å². The van der Waals surface area contributed by atoms with Crippen molar-refractivity contribution in [3.05, 3.63) is 29.8 Å². The molecule has 0 saturated heterocycles. The summed E-state index contributed by atoms with van der Waals surface area (Å²) in [5, 5.41) is 2.78. The zero-order valence-electron chi connectivity index (χ0n) is 9.90. The van der Waals surface area contributed by atoms with Crippen LogP contribution in [0, 0.1) is 0 Å². The standard InChI is InChI=1S/C12H16ClNO3/c1-16-8-9(7-13)14-12(15)10-5-3-4-6-11(10)17-2/h3-6,9H,7-8H2,1-2H3,(H,14,15). The van der Waals surface area contributed by atoms with Gasteiger partial charge in [-0.3, -0.25) is 4.79 Å². The molecular weight excluding hydrogens is 242 g/mol. The van der Waals surface area contributed by atoms with E-state index in [0.717, 1.165) is 0 Å². The van der Waals surface area contributed by atoms with Gasteiger partial charge in [-0.15, -0.1) is 11.6 Å². The molecule has 1 rings (SSSR count). The maximum atomic E-state index is 12.0. The molecule has 1 N–H and O–H groups in total. The van der Waals surface area contributed by atoms with E-state index in [1.165, 1.54) is 7.11 Å². The molecule has 0 bridgehead atoms. The molecule has 94 valence electrons. The van der Waals surface area contributed by atoms with Crippen molar-refractivity contribution in [1.82, 2.24) is 5.32 Å². The summed E-state index contributed by atoms with van der Waals surface area (Å²) in [6.07, 6.45) is 0. The average molecular weight is 258 g/mol. The van der Waals surface area contributed by atoms with Crippen LogP contribution in [0.3, 0.4) is 0 Å². The number of hydrogen-bond donors (Lipinski definition) is 1. The lowest BCUT2D eigenvalue weighted by atomic mass is 10.2. The van der Waals surface area contributed by atoms with Gasteiger partial charge in [0, 0.05) is 13.0 Å². The van der Waals surface area contributed by atoms with E-state index in [1.807, 2.05) is 6.07 Å². The molecule has 1 aromatic rings. The third-order valence-corrected chi connectivity index (χ3v) is 2.61. The van der Waals surface area contributed by atoms with E-state index in [4.69, 9.17) is 21.1 Å². The van der Waals surface area contributed by atoms with Gasteiger partial charge in [0.15, 0.2) is 0 Å². The number of para-hydroxylation sites is 1. The van der Waals surface area contributed by atoms with Gasteiger partial charge in [0.1, 0.15) is 5.75 Å². The third-order valence-electron chi connectivity index (χ3n) is 2.24. The fourth-order valence-corrected chi connectivity index (χ4v) is 1.59. The Balaban J connectivity index is 2.75. The quantitative estimate of drug-likeness (QED) is 0.789. The molecule has 0 aliphatic rings. The molecule has 1 aromatic carbocycles. The number of carbonyl (C=O) groups excluding carboxylic acids is 1. The van der Waals surface area contributed by atoms with Crippen molar-refractivity contribution in [2.45, 2.75) is 6.04 Å². The van der Waals surface area contributed by atoms with Gasteiger partial charge in [0.2, 0.25) is 0 Å². The topological polar surface area (TPSA) is 47.6 Å². The monoisotopic (exact) mass is 257 g/mol. The minimum atomic E-state index is -0.217. The molecule has 17 heavy (non-hydrogen) atoms. The summed E-state index contributed by atoms with van der Waals surface area (Å²) < 4.78 is 10.1. The SMILES string of the molecule is COCC(CCl)NC(=O)c1ccccc1OC. The highest BCUT2D eigenvalue weighted by Crippen LogP contribution is 2.17. The van der Waals surface area contributed by atoms with E-state index in [0.29, 0.717) is 23.8 Å². The lowest BCUT2D eigenvalue weighted by molar-refractivity contribution is 0.0904. The highest BCUT2D eigenvalue weighted by molar-refractivity contribution is 6.18. The van der Waals surface area contributed by atoms with Gasteiger partial charge < -0.3 is 14.8 Å². The molecule has 0 aromatic heterocycles. The largest absolute Gasteiger partial charge is 0.496 e. The first-order valence-electron chi connectivity index (χ1n) is 5.21. The Hall–Kier alpha value is -1.26. The minimum Gasteiger partial charge on any atom is -0.496 e. The second kappa shape index (κ2) is 7.14. The number of rotatable bonds is 6. The number of methoxy groups -OCH3 is 2. The molecule has 1 unspecified atom stereocenters. The van der Waals surface area contributed by atoms with Crippen LogP contribution in [-0.2, 0) is 4.74 Å². The normalized spacial score (nSPS) is 11.9. The maximum absolute atomic E-state index is 12.0. The Morgan fingerprint density at radius 1 is 1.41 bits per heavy atom. The molecular formula is C12H16ClNO3. The molecule has 0 fully saturated rings. The van der Waals surface area contributed by atoms with E-state index in [1.54, 1.807) is 25.3 Å². The van der Waals surface area contributed by atoms with Crippen LogP contribution in [-0.4, -0.2) is 38.7 Å². The first-order valence-corrected chi connectivity index (χ1v) is 5.75. The molecule has 0 heterocycles. The van der Waals surface area contributed by atoms with E-state index >= 15 is 0 Å². The summed E-state index contributed by atoms with van der Waals surface area (Å²) in [6, 6.07) is 6.82. The van der Waals surface area contributed by atoms with Gasteiger partial charge in [-0.2, -0.15) is 0 Å². The fraction of sp³-hybridized carbons (Fsp3) is 0.417. The number of hydrogen-bond acceptors (Lipinski definition) is 3. The average Bonchev–Trinajstić information content (AvgIpc) is 2.38. The van der Waals surface area contributed by atoms with Gasteiger partial charge in [0.25, 0.3) is 5.91 Å². The van der Waals surface area contributed by atoms with Crippen molar-refractivity contribution < 1.29 is 14.3 Å². The Morgan fingerprint density at radius 2 is 2.12 bits per heavy atom. The number of halogens is 1. The van der Waals surface area contributed by atoms with E-state index < -0.39 is 0 Å². The van der Waals surface area contributed by atoms with Crippen LogP contribution in [0.5, 0.6) is 5.75 Å². The predicted molar refractivity (Wildman–Crippen MR) is 66.8 cm³/mol. The smallest absolute Gasteiger partial charge is 0.255 e. The van der Waals surface area contributed by atoms with Crippen molar-refractivity contribution in [3.8, 4) is 5.75 Å². The number of alkyl halides is 1. The number of ether oxygens (including phenoxy) is 2. The minimum absolute atomic E-state index is 0.209. The predicted octanol–water partition coefficient (Wildman–Crippen LogP) is 1.68. The van der Waals surface area contributed by atoms with Crippen LogP contribution >= 0.6 is 11.6 Å². The Morgan fingerprint density at radius 3 is 2.71 bits per heavy atom. The van der Waals surface area contributed by atoms with Crippen LogP contribution in [0.2, 0.25) is 0 Å². The van der Waals surface area contributed by atoms with Crippen LogP contribution in [0.15, 0.2) is 24.3 Å². The van der Waals surface area contributed by atoms with Gasteiger partial charge >= 0.3 is 0 Å². The van der Waals surface area contributed by atoms with Gasteiger partial charge in [0.05, 0.1) is 25.3 Å². The maximum Gasteiger partial charge on any atom is 0.255 e. The summed E-state index contributed by atoms with van der Waals surface area (Å²) in [7, 11) is 3.09. The second-order valence-corrected chi connectivity index (χ2v) is 3.79. The summed E-state index contributed by atoms with van der Waals surface area (Å²) in [6.45, 7) is 0.379. The molecule has 0 aliphatic carbocycles. The van der Waals surface area contributed by atoms with Crippen LogP contribution in [0.1, 0.15) is 10.4 Å². The molecule has 0 saturated carbocycles. The van der Waals surface area contributed by atoms with E-state index in [2.05, 4.69) is 5.32 Å². The summed E-state index contributed by atoms with van der Waals surface area (Å²) in [5.74, 6) is 0.621. The van der Waals surface area contributed by atoms with Crippen molar-refractivity contribution in [2.24, 2.45) is 0 Å². The Bertz CT molecular complexity index is 371. The van der Waals surface area contributed by atoms with Crippen LogP contribution < -0.4 is 10.1 Å². The van der Waals surface area contributed by atoms with Gasteiger partial charge in [-0.05, 0) is 12.1 Å².